The van der Waals surface area contributed by atoms with Crippen molar-refractivity contribution in [1.82, 2.24) is 5.32 Å². The van der Waals surface area contributed by atoms with Crippen molar-refractivity contribution in [3.8, 4) is 5.75 Å². The van der Waals surface area contributed by atoms with Gasteiger partial charge < -0.3 is 15.2 Å². The number of aliphatic carboxylic acids is 1. The van der Waals surface area contributed by atoms with Gasteiger partial charge in [0.25, 0.3) is 0 Å². The van der Waals surface area contributed by atoms with Crippen LogP contribution in [0.5, 0.6) is 5.75 Å². The highest BCUT2D eigenvalue weighted by Crippen LogP contribution is 2.17. The first kappa shape index (κ1) is 15.1. The van der Waals surface area contributed by atoms with Crippen LogP contribution in [0.2, 0.25) is 0 Å². The quantitative estimate of drug-likeness (QED) is 0.821. The van der Waals surface area contributed by atoms with Gasteiger partial charge in [0.05, 0.1) is 0 Å². The third-order valence-corrected chi connectivity index (χ3v) is 3.09. The molecular weight excluding hydrogens is 266 g/mol. The summed E-state index contributed by atoms with van der Waals surface area (Å²) in [5.41, 5.74) is 3.40. The van der Waals surface area contributed by atoms with Crippen molar-refractivity contribution in [2.45, 2.75) is 20.0 Å². The van der Waals surface area contributed by atoms with Crippen molar-refractivity contribution >= 4 is 5.97 Å². The largest absolute Gasteiger partial charge is 0.482 e. The number of carboxylic acids is 1. The molecule has 2 aromatic carbocycles. The average molecular weight is 285 g/mol. The van der Waals surface area contributed by atoms with Crippen LogP contribution in [0.3, 0.4) is 0 Å². The zero-order chi connectivity index (χ0) is 15.1. The van der Waals surface area contributed by atoms with Crippen LogP contribution in [0, 0.1) is 6.92 Å². The Hall–Kier alpha value is -2.33. The highest BCUT2D eigenvalue weighted by atomic mass is 16.5. The van der Waals surface area contributed by atoms with Crippen LogP contribution in [0.4, 0.5) is 0 Å². The first-order valence-corrected chi connectivity index (χ1v) is 6.84. The van der Waals surface area contributed by atoms with Gasteiger partial charge in [-0.15, -0.1) is 0 Å². The molecule has 21 heavy (non-hydrogen) atoms. The van der Waals surface area contributed by atoms with Crippen LogP contribution in [-0.2, 0) is 17.9 Å². The molecule has 2 N–H and O–H groups in total. The summed E-state index contributed by atoms with van der Waals surface area (Å²) in [4.78, 5) is 10.6. The number of carbonyl (C=O) groups is 1. The Bertz CT molecular complexity index is 593. The first-order valence-electron chi connectivity index (χ1n) is 6.84. The lowest BCUT2D eigenvalue weighted by Gasteiger charge is -2.11. The molecule has 4 nitrogen and oxygen atoms in total. The van der Waals surface area contributed by atoms with E-state index in [9.17, 15) is 4.79 Å². The Morgan fingerprint density at radius 2 is 1.81 bits per heavy atom. The summed E-state index contributed by atoms with van der Waals surface area (Å²) in [5.74, 6) is -0.367. The minimum absolute atomic E-state index is 0.324. The van der Waals surface area contributed by atoms with Crippen LogP contribution in [0.25, 0.3) is 0 Å². The Balaban J connectivity index is 1.90. The summed E-state index contributed by atoms with van der Waals surface area (Å²) in [5, 5.41) is 12.0. The number of ether oxygens (including phenoxy) is 1. The third kappa shape index (κ3) is 4.93. The van der Waals surface area contributed by atoms with Gasteiger partial charge in [-0.2, -0.15) is 0 Å². The van der Waals surface area contributed by atoms with E-state index in [0.717, 1.165) is 12.1 Å². The van der Waals surface area contributed by atoms with E-state index in [0.29, 0.717) is 12.3 Å². The second kappa shape index (κ2) is 7.45. The van der Waals surface area contributed by atoms with Crippen molar-refractivity contribution in [3.63, 3.8) is 0 Å². The number of nitrogens with one attached hydrogen (secondary N) is 1. The Kier molecular flexibility index (Phi) is 5.35. The molecule has 0 aromatic heterocycles. The molecule has 0 heterocycles. The third-order valence-electron chi connectivity index (χ3n) is 3.09. The van der Waals surface area contributed by atoms with Crippen molar-refractivity contribution in [1.29, 1.82) is 0 Å². The average Bonchev–Trinajstić information content (AvgIpc) is 2.48. The number of hydrogen-bond donors (Lipinski definition) is 2. The molecule has 0 radical (unpaired) electrons. The molecule has 0 atom stereocenters. The molecule has 4 heteroatoms. The van der Waals surface area contributed by atoms with E-state index in [-0.39, 0.29) is 6.61 Å². The molecule has 0 aliphatic rings. The van der Waals surface area contributed by atoms with Gasteiger partial charge in [-0.1, -0.05) is 48.0 Å². The molecule has 0 aliphatic heterocycles. The van der Waals surface area contributed by atoms with Crippen LogP contribution in [0.15, 0.2) is 48.5 Å². The van der Waals surface area contributed by atoms with Gasteiger partial charge in [0.1, 0.15) is 5.75 Å². The SMILES string of the molecule is Cc1ccc(CNCc2ccccc2OCC(=O)O)cc1. The normalized spacial score (nSPS) is 10.3. The second-order valence-corrected chi connectivity index (χ2v) is 4.88. The van der Waals surface area contributed by atoms with Crippen LogP contribution in [-0.4, -0.2) is 17.7 Å². The molecule has 0 fully saturated rings. The molecule has 2 rings (SSSR count). The number of hydrogen-bond acceptors (Lipinski definition) is 3. The number of rotatable bonds is 7. The van der Waals surface area contributed by atoms with E-state index in [1.165, 1.54) is 11.1 Å². The molecule has 0 aliphatic carbocycles. The van der Waals surface area contributed by atoms with Gasteiger partial charge in [-0.05, 0) is 18.6 Å². The monoisotopic (exact) mass is 285 g/mol. The van der Waals surface area contributed by atoms with Crippen LogP contribution in [0.1, 0.15) is 16.7 Å². The maximum absolute atomic E-state index is 10.6. The Morgan fingerprint density at radius 3 is 2.52 bits per heavy atom. The van der Waals surface area contributed by atoms with E-state index in [4.69, 9.17) is 9.84 Å². The van der Waals surface area contributed by atoms with Crippen LogP contribution >= 0.6 is 0 Å². The fourth-order valence-electron chi connectivity index (χ4n) is 1.98. The second-order valence-electron chi connectivity index (χ2n) is 4.88. The predicted molar refractivity (Wildman–Crippen MR) is 81.3 cm³/mol. The lowest BCUT2D eigenvalue weighted by atomic mass is 10.1. The molecule has 0 bridgehead atoms. The number of para-hydroxylation sites is 1. The maximum atomic E-state index is 10.6. The summed E-state index contributed by atoms with van der Waals surface area (Å²) < 4.78 is 5.28. The van der Waals surface area contributed by atoms with Crippen LogP contribution < -0.4 is 10.1 Å². The highest BCUT2D eigenvalue weighted by Gasteiger charge is 2.05. The first-order chi connectivity index (χ1) is 10.1. The van der Waals surface area contributed by atoms with E-state index in [1.54, 1.807) is 6.07 Å². The topological polar surface area (TPSA) is 58.6 Å². The summed E-state index contributed by atoms with van der Waals surface area (Å²) in [6.45, 7) is 3.12. The van der Waals surface area contributed by atoms with Gasteiger partial charge in [0.15, 0.2) is 6.61 Å². The minimum atomic E-state index is -0.975. The van der Waals surface area contributed by atoms with E-state index < -0.39 is 5.97 Å². The molecular formula is C17H19NO3. The Labute approximate surface area is 124 Å². The van der Waals surface area contributed by atoms with Gasteiger partial charge in [-0.3, -0.25) is 0 Å². The van der Waals surface area contributed by atoms with Crippen molar-refractivity contribution in [2.75, 3.05) is 6.61 Å². The van der Waals surface area contributed by atoms with Crippen molar-refractivity contribution < 1.29 is 14.6 Å². The zero-order valence-corrected chi connectivity index (χ0v) is 12.0. The van der Waals surface area contributed by atoms with Gasteiger partial charge in [-0.25, -0.2) is 4.79 Å². The highest BCUT2D eigenvalue weighted by molar-refractivity contribution is 5.68. The van der Waals surface area contributed by atoms with Gasteiger partial charge >= 0.3 is 5.97 Å². The fourth-order valence-corrected chi connectivity index (χ4v) is 1.98. The predicted octanol–water partition coefficient (Wildman–Crippen LogP) is 2.75. The zero-order valence-electron chi connectivity index (χ0n) is 12.0. The molecule has 0 saturated heterocycles. The standard InChI is InChI=1S/C17H19NO3/c1-13-6-8-14(9-7-13)10-18-11-15-4-2-3-5-16(15)21-12-17(19)20/h2-9,18H,10-12H2,1H3,(H,19,20). The number of benzene rings is 2. The van der Waals surface area contributed by atoms with E-state index >= 15 is 0 Å². The van der Waals surface area contributed by atoms with Gasteiger partial charge in [0.2, 0.25) is 0 Å². The molecule has 0 saturated carbocycles. The lowest BCUT2D eigenvalue weighted by Crippen LogP contribution is -2.15. The maximum Gasteiger partial charge on any atom is 0.341 e. The lowest BCUT2D eigenvalue weighted by molar-refractivity contribution is -0.139. The molecule has 0 unspecified atom stereocenters. The van der Waals surface area contributed by atoms with E-state index in [1.807, 2.05) is 18.2 Å². The number of aryl methyl sites for hydroxylation is 1. The fraction of sp³-hybridized carbons (Fsp3) is 0.235. The molecule has 0 spiro atoms. The summed E-state index contributed by atoms with van der Waals surface area (Å²) in [6, 6.07) is 15.8. The van der Waals surface area contributed by atoms with E-state index in [2.05, 4.69) is 36.5 Å². The smallest absolute Gasteiger partial charge is 0.341 e. The molecule has 110 valence electrons. The van der Waals surface area contributed by atoms with Crippen molar-refractivity contribution in [2.24, 2.45) is 0 Å². The minimum Gasteiger partial charge on any atom is -0.482 e. The Morgan fingerprint density at radius 1 is 1.10 bits per heavy atom. The molecule has 2 aromatic rings. The summed E-state index contributed by atoms with van der Waals surface area (Å²) >= 11 is 0. The number of carboxylic acid groups (broad SMARTS) is 1. The summed E-state index contributed by atoms with van der Waals surface area (Å²) in [7, 11) is 0. The van der Waals surface area contributed by atoms with Gasteiger partial charge in [0, 0.05) is 18.7 Å². The molecule has 0 amide bonds. The summed E-state index contributed by atoms with van der Waals surface area (Å²) in [6.07, 6.45) is 0. The van der Waals surface area contributed by atoms with Crippen molar-refractivity contribution in [3.05, 3.63) is 65.2 Å².